The van der Waals surface area contributed by atoms with Gasteiger partial charge in [-0.3, -0.25) is 4.90 Å². The van der Waals surface area contributed by atoms with Crippen molar-refractivity contribution in [3.05, 3.63) is 28.0 Å². The van der Waals surface area contributed by atoms with Gasteiger partial charge >= 0.3 is 0 Å². The van der Waals surface area contributed by atoms with E-state index in [1.807, 2.05) is 6.07 Å². The molecule has 20 heavy (non-hydrogen) atoms. The molecule has 0 unspecified atom stereocenters. The summed E-state index contributed by atoms with van der Waals surface area (Å²) in [6, 6.07) is 3.18. The minimum absolute atomic E-state index is 0. The number of hydrogen-bond acceptors (Lipinski definition) is 3. The predicted molar refractivity (Wildman–Crippen MR) is 87.7 cm³/mol. The lowest BCUT2D eigenvalue weighted by molar-refractivity contribution is 0.166. The maximum Gasteiger partial charge on any atom is 0.166 e. The third-order valence-corrected chi connectivity index (χ3v) is 3.85. The largest absolute Gasteiger partial charge is 0.505 e. The van der Waals surface area contributed by atoms with Crippen molar-refractivity contribution in [2.24, 2.45) is 0 Å². The highest BCUT2D eigenvalue weighted by Crippen LogP contribution is 2.35. The summed E-state index contributed by atoms with van der Waals surface area (Å²) < 4.78 is 14.3. The zero-order valence-electron chi connectivity index (χ0n) is 11.2. The summed E-state index contributed by atoms with van der Waals surface area (Å²) in [7, 11) is 0. The molecule has 1 fully saturated rings. The summed E-state index contributed by atoms with van der Waals surface area (Å²) in [6.07, 6.45) is 0.851. The number of rotatable bonds is 3. The second-order valence-electron chi connectivity index (χ2n) is 4.54. The molecule has 2 N–H and O–H groups in total. The Morgan fingerprint density at radius 1 is 1.35 bits per heavy atom. The van der Waals surface area contributed by atoms with E-state index in [4.69, 9.17) is 0 Å². The van der Waals surface area contributed by atoms with Crippen molar-refractivity contribution >= 4 is 40.7 Å². The van der Waals surface area contributed by atoms with Crippen LogP contribution in [0.4, 0.5) is 4.39 Å². The number of benzene rings is 1. The third-order valence-electron chi connectivity index (χ3n) is 3.40. The highest BCUT2D eigenvalue weighted by molar-refractivity contribution is 9.10. The van der Waals surface area contributed by atoms with Crippen LogP contribution in [0, 0.1) is 5.82 Å². The quantitative estimate of drug-likeness (QED) is 0.830. The van der Waals surface area contributed by atoms with Crippen LogP contribution in [-0.2, 0) is 0 Å². The van der Waals surface area contributed by atoms with Crippen LogP contribution in [0.5, 0.6) is 5.75 Å². The number of hydrogen-bond donors (Lipinski definition) is 2. The molecule has 1 aliphatic heterocycles. The van der Waals surface area contributed by atoms with Crippen molar-refractivity contribution in [3.63, 3.8) is 0 Å². The molecule has 1 atom stereocenters. The number of aromatic hydroxyl groups is 1. The Bertz CT molecular complexity index is 431. The smallest absolute Gasteiger partial charge is 0.166 e. The molecule has 0 spiro atoms. The SMILES string of the molecule is CC[C@H](c1cc(Br)cc(F)c1O)N1CCNCC1.Cl.Cl. The van der Waals surface area contributed by atoms with Gasteiger partial charge in [-0.15, -0.1) is 24.8 Å². The maximum absolute atomic E-state index is 13.6. The van der Waals surface area contributed by atoms with E-state index in [9.17, 15) is 9.50 Å². The molecule has 1 saturated heterocycles. The molecule has 0 amide bonds. The Labute approximate surface area is 139 Å². The van der Waals surface area contributed by atoms with Gasteiger partial charge in [-0.05, 0) is 18.6 Å². The molecule has 1 aromatic carbocycles. The summed E-state index contributed by atoms with van der Waals surface area (Å²) in [6.45, 7) is 5.78. The lowest BCUT2D eigenvalue weighted by Crippen LogP contribution is -2.45. The van der Waals surface area contributed by atoms with Crippen molar-refractivity contribution in [2.45, 2.75) is 19.4 Å². The molecule has 0 saturated carbocycles. The van der Waals surface area contributed by atoms with Crippen molar-refractivity contribution in [3.8, 4) is 5.75 Å². The second kappa shape index (κ2) is 9.05. The number of phenolic OH excluding ortho intramolecular Hbond substituents is 1. The number of halogens is 4. The van der Waals surface area contributed by atoms with Crippen LogP contribution in [0.1, 0.15) is 24.9 Å². The Morgan fingerprint density at radius 3 is 2.50 bits per heavy atom. The first kappa shape index (κ1) is 19.9. The van der Waals surface area contributed by atoms with E-state index in [1.54, 1.807) is 0 Å². The van der Waals surface area contributed by atoms with Gasteiger partial charge in [0, 0.05) is 42.3 Å². The highest BCUT2D eigenvalue weighted by atomic mass is 79.9. The van der Waals surface area contributed by atoms with Crippen LogP contribution in [0.3, 0.4) is 0 Å². The van der Waals surface area contributed by atoms with Crippen LogP contribution in [0.15, 0.2) is 16.6 Å². The van der Waals surface area contributed by atoms with Gasteiger partial charge in [-0.1, -0.05) is 22.9 Å². The van der Waals surface area contributed by atoms with E-state index >= 15 is 0 Å². The second-order valence-corrected chi connectivity index (χ2v) is 5.45. The lowest BCUT2D eigenvalue weighted by atomic mass is 10.0. The molecule has 1 heterocycles. The zero-order valence-corrected chi connectivity index (χ0v) is 14.5. The van der Waals surface area contributed by atoms with E-state index in [1.165, 1.54) is 6.07 Å². The molecule has 0 aliphatic carbocycles. The van der Waals surface area contributed by atoms with Crippen LogP contribution in [0.2, 0.25) is 0 Å². The highest BCUT2D eigenvalue weighted by Gasteiger charge is 2.24. The van der Waals surface area contributed by atoms with E-state index < -0.39 is 5.82 Å². The minimum Gasteiger partial charge on any atom is -0.505 e. The van der Waals surface area contributed by atoms with Gasteiger partial charge in [0.05, 0.1) is 0 Å². The number of nitrogens with one attached hydrogen (secondary N) is 1. The maximum atomic E-state index is 13.6. The average Bonchev–Trinajstić information content (AvgIpc) is 2.37. The van der Waals surface area contributed by atoms with Gasteiger partial charge in [0.25, 0.3) is 0 Å². The third kappa shape index (κ3) is 4.46. The Hall–Kier alpha value is -0.0700. The Kier molecular flexibility index (Phi) is 9.02. The molecule has 0 aromatic heterocycles. The van der Waals surface area contributed by atoms with Crippen LogP contribution < -0.4 is 5.32 Å². The summed E-state index contributed by atoms with van der Waals surface area (Å²) in [5.41, 5.74) is 0.672. The molecule has 116 valence electrons. The van der Waals surface area contributed by atoms with Gasteiger partial charge in [0.1, 0.15) is 0 Å². The molecule has 1 aromatic rings. The molecular formula is C13H20BrCl2FN2O. The van der Waals surface area contributed by atoms with Gasteiger partial charge in [0.2, 0.25) is 0 Å². The van der Waals surface area contributed by atoms with Gasteiger partial charge in [-0.25, -0.2) is 4.39 Å². The first-order valence-electron chi connectivity index (χ1n) is 6.26. The van der Waals surface area contributed by atoms with Crippen LogP contribution in [-0.4, -0.2) is 36.2 Å². The van der Waals surface area contributed by atoms with Crippen molar-refractivity contribution in [2.75, 3.05) is 26.2 Å². The molecule has 7 heteroatoms. The molecule has 0 radical (unpaired) electrons. The van der Waals surface area contributed by atoms with Crippen molar-refractivity contribution in [1.82, 2.24) is 10.2 Å². The monoisotopic (exact) mass is 388 g/mol. The molecule has 3 nitrogen and oxygen atoms in total. The summed E-state index contributed by atoms with van der Waals surface area (Å²) in [5, 5.41) is 13.2. The average molecular weight is 390 g/mol. The lowest BCUT2D eigenvalue weighted by Gasteiger charge is -2.35. The molecule has 2 rings (SSSR count). The first-order valence-corrected chi connectivity index (χ1v) is 7.05. The minimum atomic E-state index is -0.562. The van der Waals surface area contributed by atoms with Gasteiger partial charge in [0.15, 0.2) is 11.6 Å². The topological polar surface area (TPSA) is 35.5 Å². The Balaban J connectivity index is 0.00000180. The number of piperazine rings is 1. The standard InChI is InChI=1S/C13H18BrFN2O.2ClH/c1-2-12(17-5-3-16-4-6-17)10-7-9(14)8-11(15)13(10)18;;/h7-8,12,16,18H,2-6H2,1H3;2*1H/t12-;;/m1../s1. The summed E-state index contributed by atoms with van der Waals surface area (Å²) in [5.74, 6) is -0.781. The normalized spacial score (nSPS) is 16.9. The van der Waals surface area contributed by atoms with E-state index in [-0.39, 0.29) is 36.6 Å². The summed E-state index contributed by atoms with van der Waals surface area (Å²) in [4.78, 5) is 2.29. The van der Waals surface area contributed by atoms with Gasteiger partial charge < -0.3 is 10.4 Å². The van der Waals surface area contributed by atoms with Gasteiger partial charge in [-0.2, -0.15) is 0 Å². The fourth-order valence-corrected chi connectivity index (χ4v) is 2.96. The van der Waals surface area contributed by atoms with Crippen LogP contribution in [0.25, 0.3) is 0 Å². The molecular weight excluding hydrogens is 370 g/mol. The Morgan fingerprint density at radius 2 is 1.95 bits per heavy atom. The fourth-order valence-electron chi connectivity index (χ4n) is 2.51. The molecule has 0 bridgehead atoms. The number of phenols is 1. The van der Waals surface area contributed by atoms with Crippen LogP contribution >= 0.6 is 40.7 Å². The van der Waals surface area contributed by atoms with Crippen molar-refractivity contribution < 1.29 is 9.50 Å². The fraction of sp³-hybridized carbons (Fsp3) is 0.538. The van der Waals surface area contributed by atoms with Crippen molar-refractivity contribution in [1.29, 1.82) is 0 Å². The molecule has 1 aliphatic rings. The zero-order chi connectivity index (χ0) is 13.1. The van der Waals surface area contributed by atoms with E-state index in [0.29, 0.717) is 10.0 Å². The predicted octanol–water partition coefficient (Wildman–Crippen LogP) is 3.49. The summed E-state index contributed by atoms with van der Waals surface area (Å²) >= 11 is 3.29. The first-order chi connectivity index (χ1) is 8.63. The van der Waals surface area contributed by atoms with E-state index in [0.717, 1.165) is 32.6 Å². The van der Waals surface area contributed by atoms with E-state index in [2.05, 4.69) is 33.1 Å². The number of nitrogens with zero attached hydrogens (tertiary/aromatic N) is 1.